The Balaban J connectivity index is 2.91. The number of carbonyl (C=O) groups is 1. The number of aryl methyl sites for hydroxylation is 2. The first-order valence-electron chi connectivity index (χ1n) is 4.17. The number of rotatable bonds is 1. The number of hydrogen-bond donors (Lipinski definition) is 0. The fourth-order valence-electron chi connectivity index (χ4n) is 1.50. The van der Waals surface area contributed by atoms with Gasteiger partial charge in [0, 0.05) is 10.9 Å². The Morgan fingerprint density at radius 3 is 2.77 bits per heavy atom. The van der Waals surface area contributed by atoms with Crippen LogP contribution in [0.1, 0.15) is 21.7 Å². The molecular formula is C11H10O2. The van der Waals surface area contributed by atoms with Crippen molar-refractivity contribution in [3.05, 3.63) is 35.1 Å². The first-order valence-corrected chi connectivity index (χ1v) is 4.17. The molecule has 0 aliphatic carbocycles. The summed E-state index contributed by atoms with van der Waals surface area (Å²) in [5.74, 6) is 0.840. The van der Waals surface area contributed by atoms with E-state index < -0.39 is 0 Å². The third kappa shape index (κ3) is 1.15. The maximum atomic E-state index is 10.7. The topological polar surface area (TPSA) is 30.2 Å². The van der Waals surface area contributed by atoms with E-state index in [1.165, 1.54) is 0 Å². The number of furan rings is 1. The van der Waals surface area contributed by atoms with Crippen molar-refractivity contribution in [3.8, 4) is 0 Å². The zero-order valence-electron chi connectivity index (χ0n) is 7.63. The van der Waals surface area contributed by atoms with Gasteiger partial charge in [0.2, 0.25) is 0 Å². The summed E-state index contributed by atoms with van der Waals surface area (Å²) >= 11 is 0. The molecule has 1 aromatic heterocycles. The summed E-state index contributed by atoms with van der Waals surface area (Å²) in [6, 6.07) is 5.61. The molecule has 0 N–H and O–H groups in total. The smallest absolute Gasteiger partial charge is 0.150 e. The number of benzene rings is 1. The van der Waals surface area contributed by atoms with Crippen LogP contribution >= 0.6 is 0 Å². The van der Waals surface area contributed by atoms with Gasteiger partial charge in [0.25, 0.3) is 0 Å². The van der Waals surface area contributed by atoms with Crippen molar-refractivity contribution in [2.75, 3.05) is 0 Å². The van der Waals surface area contributed by atoms with Gasteiger partial charge in [-0.2, -0.15) is 0 Å². The lowest BCUT2D eigenvalue weighted by molar-refractivity contribution is 0.112. The highest BCUT2D eigenvalue weighted by molar-refractivity contribution is 5.97. The first-order chi connectivity index (χ1) is 6.22. The Kier molecular flexibility index (Phi) is 1.69. The predicted molar refractivity (Wildman–Crippen MR) is 51.1 cm³/mol. The van der Waals surface area contributed by atoms with E-state index in [-0.39, 0.29) is 0 Å². The molecule has 0 spiro atoms. The average Bonchev–Trinajstić information content (AvgIpc) is 2.48. The maximum Gasteiger partial charge on any atom is 0.150 e. The zero-order valence-corrected chi connectivity index (χ0v) is 7.63. The Morgan fingerprint density at radius 2 is 2.08 bits per heavy atom. The van der Waals surface area contributed by atoms with Crippen molar-refractivity contribution in [2.45, 2.75) is 13.8 Å². The van der Waals surface area contributed by atoms with Crippen LogP contribution in [0.3, 0.4) is 0 Å². The van der Waals surface area contributed by atoms with Crippen LogP contribution in [0, 0.1) is 13.8 Å². The number of aldehydes is 1. The van der Waals surface area contributed by atoms with Crippen LogP contribution < -0.4 is 0 Å². The predicted octanol–water partition coefficient (Wildman–Crippen LogP) is 2.86. The lowest BCUT2D eigenvalue weighted by Crippen LogP contribution is -1.81. The van der Waals surface area contributed by atoms with Crippen LogP contribution in [0.25, 0.3) is 11.0 Å². The highest BCUT2D eigenvalue weighted by Crippen LogP contribution is 2.24. The van der Waals surface area contributed by atoms with Crippen molar-refractivity contribution < 1.29 is 9.21 Å². The quantitative estimate of drug-likeness (QED) is 0.622. The molecule has 1 heterocycles. The highest BCUT2D eigenvalue weighted by atomic mass is 16.3. The van der Waals surface area contributed by atoms with Gasteiger partial charge in [0.15, 0.2) is 6.29 Å². The van der Waals surface area contributed by atoms with Crippen LogP contribution in [0.5, 0.6) is 0 Å². The minimum Gasteiger partial charge on any atom is -0.461 e. The second-order valence-electron chi connectivity index (χ2n) is 3.19. The Morgan fingerprint density at radius 1 is 1.31 bits per heavy atom. The summed E-state index contributed by atoms with van der Waals surface area (Å²) in [6.07, 6.45) is 0.858. The fraction of sp³-hybridized carbons (Fsp3) is 0.182. The molecule has 0 radical (unpaired) electrons. The molecule has 0 atom stereocenters. The monoisotopic (exact) mass is 174 g/mol. The normalized spacial score (nSPS) is 10.6. The van der Waals surface area contributed by atoms with E-state index in [9.17, 15) is 4.79 Å². The van der Waals surface area contributed by atoms with Gasteiger partial charge in [-0.05, 0) is 25.5 Å². The average molecular weight is 174 g/mol. The molecule has 66 valence electrons. The van der Waals surface area contributed by atoms with E-state index in [2.05, 4.69) is 0 Å². The standard InChI is InChI=1S/C11H10O2/c1-7-3-4-9(6-12)10-5-8(2)13-11(7)10/h3-6H,1-2H3. The van der Waals surface area contributed by atoms with Gasteiger partial charge in [0.05, 0.1) is 0 Å². The molecule has 0 bridgehead atoms. The largest absolute Gasteiger partial charge is 0.461 e. The highest BCUT2D eigenvalue weighted by Gasteiger charge is 2.07. The van der Waals surface area contributed by atoms with Gasteiger partial charge in [-0.3, -0.25) is 4.79 Å². The first kappa shape index (κ1) is 8.05. The molecule has 0 amide bonds. The van der Waals surface area contributed by atoms with Crippen LogP contribution in [0.15, 0.2) is 22.6 Å². The van der Waals surface area contributed by atoms with E-state index in [0.717, 1.165) is 28.6 Å². The third-order valence-corrected chi connectivity index (χ3v) is 2.16. The third-order valence-electron chi connectivity index (χ3n) is 2.16. The maximum absolute atomic E-state index is 10.7. The second-order valence-corrected chi connectivity index (χ2v) is 3.19. The molecule has 0 saturated heterocycles. The Bertz CT molecular complexity index is 466. The summed E-state index contributed by atoms with van der Waals surface area (Å²) in [5.41, 5.74) is 2.58. The van der Waals surface area contributed by atoms with Crippen LogP contribution in [-0.2, 0) is 0 Å². The molecule has 0 saturated carbocycles. The van der Waals surface area contributed by atoms with E-state index in [0.29, 0.717) is 5.56 Å². The van der Waals surface area contributed by atoms with Gasteiger partial charge in [-0.1, -0.05) is 12.1 Å². The molecule has 2 nitrogen and oxygen atoms in total. The van der Waals surface area contributed by atoms with Crippen LogP contribution in [-0.4, -0.2) is 6.29 Å². The van der Waals surface area contributed by atoms with E-state index in [1.807, 2.05) is 32.0 Å². The van der Waals surface area contributed by atoms with Gasteiger partial charge < -0.3 is 4.42 Å². The minimum atomic E-state index is 0.692. The molecule has 2 rings (SSSR count). The zero-order chi connectivity index (χ0) is 9.42. The summed E-state index contributed by atoms with van der Waals surface area (Å²) < 4.78 is 5.48. The SMILES string of the molecule is Cc1cc2c(C=O)ccc(C)c2o1. The van der Waals surface area contributed by atoms with Crippen LogP contribution in [0.4, 0.5) is 0 Å². The van der Waals surface area contributed by atoms with Gasteiger partial charge in [-0.15, -0.1) is 0 Å². The number of carbonyl (C=O) groups excluding carboxylic acids is 1. The Hall–Kier alpha value is -1.57. The molecule has 2 heteroatoms. The molecule has 0 unspecified atom stereocenters. The minimum absolute atomic E-state index is 0.692. The summed E-state index contributed by atoms with van der Waals surface area (Å²) in [4.78, 5) is 10.7. The summed E-state index contributed by atoms with van der Waals surface area (Å²) in [5, 5.41) is 0.910. The van der Waals surface area contributed by atoms with Crippen molar-refractivity contribution in [1.29, 1.82) is 0 Å². The van der Waals surface area contributed by atoms with Crippen LogP contribution in [0.2, 0.25) is 0 Å². The number of hydrogen-bond acceptors (Lipinski definition) is 2. The van der Waals surface area contributed by atoms with Crippen molar-refractivity contribution >= 4 is 17.3 Å². The van der Waals surface area contributed by atoms with E-state index in [4.69, 9.17) is 4.42 Å². The number of fused-ring (bicyclic) bond motifs is 1. The summed E-state index contributed by atoms with van der Waals surface area (Å²) in [6.45, 7) is 3.86. The Labute approximate surface area is 76.2 Å². The van der Waals surface area contributed by atoms with Crippen molar-refractivity contribution in [3.63, 3.8) is 0 Å². The molecule has 0 fully saturated rings. The molecule has 0 aliphatic rings. The second kappa shape index (κ2) is 2.73. The van der Waals surface area contributed by atoms with E-state index in [1.54, 1.807) is 0 Å². The van der Waals surface area contributed by atoms with Crippen molar-refractivity contribution in [2.24, 2.45) is 0 Å². The van der Waals surface area contributed by atoms with E-state index >= 15 is 0 Å². The van der Waals surface area contributed by atoms with Gasteiger partial charge in [0.1, 0.15) is 11.3 Å². The molecule has 1 aromatic carbocycles. The van der Waals surface area contributed by atoms with Crippen molar-refractivity contribution in [1.82, 2.24) is 0 Å². The lowest BCUT2D eigenvalue weighted by atomic mass is 10.1. The van der Waals surface area contributed by atoms with Gasteiger partial charge in [-0.25, -0.2) is 0 Å². The van der Waals surface area contributed by atoms with Gasteiger partial charge >= 0.3 is 0 Å². The fourth-order valence-corrected chi connectivity index (χ4v) is 1.50. The summed E-state index contributed by atoms with van der Waals surface area (Å²) in [7, 11) is 0. The molecule has 0 aliphatic heterocycles. The molecule has 13 heavy (non-hydrogen) atoms. The lowest BCUT2D eigenvalue weighted by Gasteiger charge is -1.95. The molecular weight excluding hydrogens is 164 g/mol. The molecule has 2 aromatic rings.